The predicted octanol–water partition coefficient (Wildman–Crippen LogP) is 1.45. The first-order valence-electron chi connectivity index (χ1n) is 8.63. The summed E-state index contributed by atoms with van der Waals surface area (Å²) >= 11 is 5.91. The summed E-state index contributed by atoms with van der Waals surface area (Å²) in [5, 5.41) is 15.5. The Kier molecular flexibility index (Phi) is 10.7. The summed E-state index contributed by atoms with van der Waals surface area (Å²) in [4.78, 5) is 23.0. The highest BCUT2D eigenvalue weighted by atomic mass is 35.5. The number of carbonyl (C=O) groups is 2. The van der Waals surface area contributed by atoms with Gasteiger partial charge in [0, 0.05) is 37.7 Å². The molecule has 0 aliphatic carbocycles. The summed E-state index contributed by atoms with van der Waals surface area (Å²) in [6.45, 7) is 9.55. The van der Waals surface area contributed by atoms with Crippen molar-refractivity contribution in [1.29, 1.82) is 0 Å². The molecule has 2 rings (SSSR count). The second-order valence-electron chi connectivity index (χ2n) is 6.13. The summed E-state index contributed by atoms with van der Waals surface area (Å²) in [6, 6.07) is 5.66. The molecule has 1 saturated heterocycles. The third-order valence-corrected chi connectivity index (χ3v) is 4.19. The van der Waals surface area contributed by atoms with Crippen LogP contribution >= 0.6 is 11.6 Å². The van der Waals surface area contributed by atoms with Gasteiger partial charge in [0.25, 0.3) is 0 Å². The van der Waals surface area contributed by atoms with Gasteiger partial charge in [-0.1, -0.05) is 11.6 Å². The molecule has 152 valence electrons. The number of likely N-dealkylation sites (N-methyl/N-ethyl adjacent to an activating group) is 1. The van der Waals surface area contributed by atoms with E-state index in [-0.39, 0.29) is 0 Å². The Morgan fingerprint density at radius 3 is 2.26 bits per heavy atom. The van der Waals surface area contributed by atoms with Gasteiger partial charge in [-0.15, -0.1) is 0 Å². The molecule has 0 radical (unpaired) electrons. The van der Waals surface area contributed by atoms with Gasteiger partial charge in [0.2, 0.25) is 0 Å². The second-order valence-corrected chi connectivity index (χ2v) is 6.56. The van der Waals surface area contributed by atoms with E-state index in [1.54, 1.807) is 0 Å². The Morgan fingerprint density at radius 2 is 1.70 bits per heavy atom. The Labute approximate surface area is 164 Å². The second kappa shape index (κ2) is 12.5. The van der Waals surface area contributed by atoms with Gasteiger partial charge in [0.15, 0.2) is 0 Å². The molecule has 0 saturated carbocycles. The Hall–Kier alpha value is -1.87. The number of piperazine rings is 1. The van der Waals surface area contributed by atoms with Gasteiger partial charge in [-0.25, -0.2) is 9.59 Å². The van der Waals surface area contributed by atoms with E-state index in [0.717, 1.165) is 55.7 Å². The largest absolute Gasteiger partial charge is 0.491 e. The number of carboxylic acid groups (broad SMARTS) is 2. The van der Waals surface area contributed by atoms with Crippen LogP contribution in [0.15, 0.2) is 18.2 Å². The van der Waals surface area contributed by atoms with Crippen LogP contribution in [0.25, 0.3) is 0 Å². The highest BCUT2D eigenvalue weighted by molar-refractivity contribution is 6.30. The maximum atomic E-state index is 9.10. The van der Waals surface area contributed by atoms with E-state index in [4.69, 9.17) is 40.9 Å². The average molecular weight is 403 g/mol. The maximum Gasteiger partial charge on any atom is 0.414 e. The van der Waals surface area contributed by atoms with Crippen molar-refractivity contribution in [1.82, 2.24) is 9.80 Å². The van der Waals surface area contributed by atoms with Crippen LogP contribution in [0.3, 0.4) is 0 Å². The summed E-state index contributed by atoms with van der Waals surface area (Å²) < 4.78 is 11.3. The monoisotopic (exact) mass is 402 g/mol. The number of carboxylic acids is 2. The molecule has 1 aromatic carbocycles. The van der Waals surface area contributed by atoms with Gasteiger partial charge < -0.3 is 24.6 Å². The molecule has 1 aliphatic heterocycles. The molecule has 9 heteroatoms. The van der Waals surface area contributed by atoms with Crippen molar-refractivity contribution in [2.45, 2.75) is 6.92 Å². The van der Waals surface area contributed by atoms with Crippen LogP contribution < -0.4 is 4.74 Å². The summed E-state index contributed by atoms with van der Waals surface area (Å²) in [5.41, 5.74) is 1.06. The van der Waals surface area contributed by atoms with Crippen LogP contribution in [0.1, 0.15) is 5.56 Å². The van der Waals surface area contributed by atoms with Gasteiger partial charge in [-0.3, -0.25) is 4.90 Å². The molecule has 1 aromatic rings. The van der Waals surface area contributed by atoms with Crippen LogP contribution in [0.5, 0.6) is 5.75 Å². The van der Waals surface area contributed by atoms with E-state index in [1.807, 2.05) is 25.1 Å². The molecule has 0 atom stereocenters. The fraction of sp³-hybridized carbons (Fsp3) is 0.556. The maximum absolute atomic E-state index is 9.10. The van der Waals surface area contributed by atoms with E-state index < -0.39 is 11.9 Å². The lowest BCUT2D eigenvalue weighted by atomic mass is 10.2. The number of hydrogen-bond acceptors (Lipinski definition) is 6. The Bertz CT molecular complexity index is 594. The summed E-state index contributed by atoms with van der Waals surface area (Å²) in [7, 11) is 2.17. The van der Waals surface area contributed by atoms with Crippen molar-refractivity contribution in [2.75, 3.05) is 59.6 Å². The number of aryl methyl sites for hydroxylation is 1. The molecule has 1 fully saturated rings. The number of hydrogen-bond donors (Lipinski definition) is 2. The fourth-order valence-electron chi connectivity index (χ4n) is 2.35. The third kappa shape index (κ3) is 10.1. The topological polar surface area (TPSA) is 99.5 Å². The minimum absolute atomic E-state index is 0.575. The number of halogens is 1. The van der Waals surface area contributed by atoms with E-state index in [0.29, 0.717) is 13.2 Å². The highest BCUT2D eigenvalue weighted by Crippen LogP contribution is 2.21. The van der Waals surface area contributed by atoms with Crippen LogP contribution in [0.2, 0.25) is 5.02 Å². The summed E-state index contributed by atoms with van der Waals surface area (Å²) in [5.74, 6) is -2.77. The Balaban J connectivity index is 0.000000527. The zero-order valence-electron chi connectivity index (χ0n) is 15.7. The molecule has 0 unspecified atom stereocenters. The van der Waals surface area contributed by atoms with E-state index in [2.05, 4.69) is 16.8 Å². The standard InChI is InChI=1S/C16H25ClN2O2.C2H2O4/c1-14-13-15(17)3-4-16(14)21-12-11-20-10-9-19-7-5-18(2)6-8-19;3-1(4)2(5)6/h3-4,13H,5-12H2,1-2H3;(H,3,4)(H,5,6). The SMILES string of the molecule is Cc1cc(Cl)ccc1OCCOCCN1CCN(C)CC1.O=C(O)C(=O)O. The van der Waals surface area contributed by atoms with Crippen LogP contribution in [0, 0.1) is 6.92 Å². The molecular formula is C18H27ClN2O6. The van der Waals surface area contributed by atoms with Gasteiger partial charge in [0.1, 0.15) is 12.4 Å². The number of nitrogens with zero attached hydrogens (tertiary/aromatic N) is 2. The molecule has 0 amide bonds. The van der Waals surface area contributed by atoms with Crippen molar-refractivity contribution in [3.8, 4) is 5.75 Å². The third-order valence-electron chi connectivity index (χ3n) is 3.95. The lowest BCUT2D eigenvalue weighted by Gasteiger charge is -2.32. The van der Waals surface area contributed by atoms with E-state index in [9.17, 15) is 0 Å². The number of rotatable bonds is 7. The van der Waals surface area contributed by atoms with Crippen molar-refractivity contribution in [2.24, 2.45) is 0 Å². The van der Waals surface area contributed by atoms with Crippen LogP contribution in [-0.4, -0.2) is 91.5 Å². The molecule has 0 spiro atoms. The van der Waals surface area contributed by atoms with Crippen molar-refractivity contribution in [3.05, 3.63) is 28.8 Å². The fourth-order valence-corrected chi connectivity index (χ4v) is 2.58. The van der Waals surface area contributed by atoms with Crippen LogP contribution in [-0.2, 0) is 14.3 Å². The van der Waals surface area contributed by atoms with Gasteiger partial charge in [-0.2, -0.15) is 0 Å². The van der Waals surface area contributed by atoms with E-state index in [1.165, 1.54) is 0 Å². The van der Waals surface area contributed by atoms with Gasteiger partial charge in [0.05, 0.1) is 13.2 Å². The minimum atomic E-state index is -1.82. The first kappa shape index (κ1) is 23.2. The average Bonchev–Trinajstić information content (AvgIpc) is 2.61. The zero-order chi connectivity index (χ0) is 20.2. The Morgan fingerprint density at radius 1 is 1.07 bits per heavy atom. The number of benzene rings is 1. The van der Waals surface area contributed by atoms with E-state index >= 15 is 0 Å². The zero-order valence-corrected chi connectivity index (χ0v) is 16.4. The molecule has 1 heterocycles. The highest BCUT2D eigenvalue weighted by Gasteiger charge is 2.12. The summed E-state index contributed by atoms with van der Waals surface area (Å²) in [6.07, 6.45) is 0. The van der Waals surface area contributed by atoms with Gasteiger partial charge >= 0.3 is 11.9 Å². The van der Waals surface area contributed by atoms with Crippen LogP contribution in [0.4, 0.5) is 0 Å². The lowest BCUT2D eigenvalue weighted by molar-refractivity contribution is -0.159. The van der Waals surface area contributed by atoms with Crippen molar-refractivity contribution >= 4 is 23.5 Å². The van der Waals surface area contributed by atoms with Crippen molar-refractivity contribution < 1.29 is 29.3 Å². The quantitative estimate of drug-likeness (QED) is 0.522. The van der Waals surface area contributed by atoms with Gasteiger partial charge in [-0.05, 0) is 37.7 Å². The molecule has 8 nitrogen and oxygen atoms in total. The number of aliphatic carboxylic acids is 2. The predicted molar refractivity (Wildman–Crippen MR) is 102 cm³/mol. The first-order valence-corrected chi connectivity index (χ1v) is 9.01. The molecular weight excluding hydrogens is 376 g/mol. The molecule has 0 bridgehead atoms. The molecule has 1 aliphatic rings. The van der Waals surface area contributed by atoms with Crippen molar-refractivity contribution in [3.63, 3.8) is 0 Å². The normalized spacial score (nSPS) is 14.9. The lowest BCUT2D eigenvalue weighted by Crippen LogP contribution is -2.45. The molecule has 0 aromatic heterocycles. The first-order chi connectivity index (χ1) is 12.8. The smallest absolute Gasteiger partial charge is 0.414 e. The molecule has 2 N–H and O–H groups in total. The minimum Gasteiger partial charge on any atom is -0.491 e. The molecule has 27 heavy (non-hydrogen) atoms. The number of ether oxygens (including phenoxy) is 2.